The molecule has 0 bridgehead atoms. The summed E-state index contributed by atoms with van der Waals surface area (Å²) in [7, 11) is 0. The molecule has 1 saturated carbocycles. The summed E-state index contributed by atoms with van der Waals surface area (Å²) < 4.78 is 3.19. The Balaban J connectivity index is 1.83. The first-order valence-corrected chi connectivity index (χ1v) is 7.35. The number of fused-ring (bicyclic) bond motifs is 1. The van der Waals surface area contributed by atoms with E-state index in [0.29, 0.717) is 6.04 Å². The minimum absolute atomic E-state index is 0.686. The minimum Gasteiger partial charge on any atom is -0.201 e. The predicted octanol–water partition coefficient (Wildman–Crippen LogP) is 3.30. The van der Waals surface area contributed by atoms with Crippen molar-refractivity contribution in [3.05, 3.63) is 42.7 Å². The lowest BCUT2D eigenvalue weighted by atomic mass is 9.79. The number of hydrogen-bond donors (Lipinski definition) is 0. The topological polar surface area (TPSA) is 3.88 Å². The highest BCUT2D eigenvalue weighted by Gasteiger charge is 2.40. The van der Waals surface area contributed by atoms with Gasteiger partial charge in [0.15, 0.2) is 18.4 Å². The van der Waals surface area contributed by atoms with Crippen LogP contribution in [-0.2, 0) is 0 Å². The van der Waals surface area contributed by atoms with Gasteiger partial charge in [-0.3, -0.25) is 0 Å². The fourth-order valence-electron chi connectivity index (χ4n) is 3.12. The van der Waals surface area contributed by atoms with Gasteiger partial charge in [-0.15, -0.1) is 0 Å². The van der Waals surface area contributed by atoms with Crippen LogP contribution in [0.15, 0.2) is 42.7 Å². The first kappa shape index (κ1) is 10.8. The van der Waals surface area contributed by atoms with Gasteiger partial charge in [0.1, 0.15) is 0 Å². The van der Waals surface area contributed by atoms with E-state index in [9.17, 15) is 0 Å². The number of allylic oxidation sites excluding steroid dienone is 2. The zero-order chi connectivity index (χ0) is 11.0. The number of pyridine rings is 1. The number of nitrogens with zero attached hydrogens (tertiary/aromatic N) is 1. The molecule has 1 fully saturated rings. The average molecular weight is 326 g/mol. The molecule has 1 heterocycles. The summed E-state index contributed by atoms with van der Waals surface area (Å²) in [5, 5.41) is 0. The Morgan fingerprint density at radius 1 is 1.06 bits per heavy atom. The van der Waals surface area contributed by atoms with Gasteiger partial charge < -0.3 is 0 Å². The Labute approximate surface area is 111 Å². The quantitative estimate of drug-likeness (QED) is 0.323. The third-order valence-corrected chi connectivity index (χ3v) is 5.35. The molecule has 0 N–H and O–H groups in total. The third kappa shape index (κ3) is 1.92. The van der Waals surface area contributed by atoms with Crippen LogP contribution in [0.1, 0.15) is 25.3 Å². The van der Waals surface area contributed by atoms with E-state index in [4.69, 9.17) is 0 Å². The van der Waals surface area contributed by atoms with Crippen molar-refractivity contribution in [3.8, 4) is 0 Å². The van der Waals surface area contributed by atoms with Gasteiger partial charge in [0.2, 0.25) is 0 Å². The van der Waals surface area contributed by atoms with E-state index >= 15 is 0 Å². The highest BCUT2D eigenvalue weighted by molar-refractivity contribution is 14.1. The number of alkyl halides is 1. The molecule has 0 saturated heterocycles. The van der Waals surface area contributed by atoms with E-state index in [0.717, 1.165) is 15.8 Å². The Kier molecular flexibility index (Phi) is 3.01. The lowest BCUT2D eigenvalue weighted by Gasteiger charge is -2.32. The maximum atomic E-state index is 2.65. The van der Waals surface area contributed by atoms with Crippen molar-refractivity contribution in [2.45, 2.75) is 29.2 Å². The van der Waals surface area contributed by atoms with Crippen LogP contribution in [-0.4, -0.2) is 3.92 Å². The number of halogens is 1. The monoisotopic (exact) mass is 326 g/mol. The molecule has 1 aromatic rings. The number of aromatic nitrogens is 1. The summed E-state index contributed by atoms with van der Waals surface area (Å²) in [5.41, 5.74) is 0. The average Bonchev–Trinajstić information content (AvgIpc) is 2.76. The van der Waals surface area contributed by atoms with E-state index in [1.165, 1.54) is 19.3 Å². The summed E-state index contributed by atoms with van der Waals surface area (Å²) in [6.07, 6.45) is 13.3. The molecule has 0 radical (unpaired) electrons. The zero-order valence-corrected chi connectivity index (χ0v) is 11.5. The molecule has 0 unspecified atom stereocenters. The van der Waals surface area contributed by atoms with Gasteiger partial charge in [-0.2, -0.15) is 0 Å². The zero-order valence-electron chi connectivity index (χ0n) is 9.30. The molecule has 0 aromatic carbocycles. The standard InChI is InChI=1S/C14H17IN/c15-13-9-11-5-4-6-12(11)10-14(13)16-7-2-1-3-8-16/h1-4,6-8,11-14H,5,9-10H2/q+1/t11-,12+,13+,14-/m0/s1. The fourth-order valence-corrected chi connectivity index (χ4v) is 4.43. The van der Waals surface area contributed by atoms with Crippen LogP contribution in [0.3, 0.4) is 0 Å². The second-order valence-electron chi connectivity index (χ2n) is 4.97. The van der Waals surface area contributed by atoms with Gasteiger partial charge in [-0.25, -0.2) is 4.57 Å². The molecule has 2 aliphatic rings. The molecule has 0 spiro atoms. The van der Waals surface area contributed by atoms with Gasteiger partial charge in [0.05, 0.1) is 3.92 Å². The van der Waals surface area contributed by atoms with Crippen molar-refractivity contribution in [2.24, 2.45) is 11.8 Å². The molecule has 0 aliphatic heterocycles. The maximum absolute atomic E-state index is 2.65. The van der Waals surface area contributed by atoms with Crippen molar-refractivity contribution < 1.29 is 4.57 Å². The third-order valence-electron chi connectivity index (χ3n) is 4.01. The maximum Gasteiger partial charge on any atom is 0.170 e. The van der Waals surface area contributed by atoms with E-state index < -0.39 is 0 Å². The Morgan fingerprint density at radius 2 is 1.88 bits per heavy atom. The second-order valence-corrected chi connectivity index (χ2v) is 6.57. The summed E-state index contributed by atoms with van der Waals surface area (Å²) >= 11 is 2.65. The second kappa shape index (κ2) is 4.47. The normalized spacial score (nSPS) is 37.3. The SMILES string of the molecule is I[C@@H]1C[C@@H]2CC=C[C@@H]2C[C@@H]1[n+]1ccccc1. The molecule has 1 aromatic heterocycles. The van der Waals surface area contributed by atoms with E-state index in [-0.39, 0.29) is 0 Å². The largest absolute Gasteiger partial charge is 0.201 e. The number of rotatable bonds is 1. The summed E-state index contributed by atoms with van der Waals surface area (Å²) in [6, 6.07) is 7.06. The highest BCUT2D eigenvalue weighted by Crippen LogP contribution is 2.43. The molecular weight excluding hydrogens is 309 g/mol. The Bertz CT molecular complexity index is 387. The Morgan fingerprint density at radius 3 is 2.69 bits per heavy atom. The summed E-state index contributed by atoms with van der Waals surface area (Å²) in [4.78, 5) is 0. The van der Waals surface area contributed by atoms with Crippen molar-refractivity contribution in [3.63, 3.8) is 0 Å². The summed E-state index contributed by atoms with van der Waals surface area (Å²) in [6.45, 7) is 0. The van der Waals surface area contributed by atoms with Crippen LogP contribution in [0.5, 0.6) is 0 Å². The predicted molar refractivity (Wildman–Crippen MR) is 73.5 cm³/mol. The van der Waals surface area contributed by atoms with Crippen LogP contribution in [0, 0.1) is 11.8 Å². The van der Waals surface area contributed by atoms with Crippen molar-refractivity contribution in [2.75, 3.05) is 0 Å². The van der Waals surface area contributed by atoms with Crippen molar-refractivity contribution in [1.82, 2.24) is 0 Å². The molecule has 0 amide bonds. The molecule has 2 aliphatic carbocycles. The Hall–Kier alpha value is -0.380. The summed E-state index contributed by atoms with van der Waals surface area (Å²) in [5.74, 6) is 1.77. The van der Waals surface area contributed by atoms with Crippen molar-refractivity contribution in [1.29, 1.82) is 0 Å². The number of hydrogen-bond acceptors (Lipinski definition) is 0. The lowest BCUT2D eigenvalue weighted by molar-refractivity contribution is -0.724. The van der Waals surface area contributed by atoms with Gasteiger partial charge in [0, 0.05) is 18.6 Å². The van der Waals surface area contributed by atoms with Gasteiger partial charge in [0.25, 0.3) is 0 Å². The van der Waals surface area contributed by atoms with Gasteiger partial charge >= 0.3 is 0 Å². The molecular formula is C14H17IN+. The van der Waals surface area contributed by atoms with Crippen LogP contribution in [0.2, 0.25) is 0 Å². The van der Waals surface area contributed by atoms with Crippen LogP contribution < -0.4 is 4.57 Å². The molecule has 1 nitrogen and oxygen atoms in total. The molecule has 2 heteroatoms. The molecule has 16 heavy (non-hydrogen) atoms. The lowest BCUT2D eigenvalue weighted by Crippen LogP contribution is -2.47. The van der Waals surface area contributed by atoms with Crippen molar-refractivity contribution >= 4 is 22.6 Å². The smallest absolute Gasteiger partial charge is 0.170 e. The van der Waals surface area contributed by atoms with Crippen LogP contribution in [0.25, 0.3) is 0 Å². The van der Waals surface area contributed by atoms with E-state index in [1.54, 1.807) is 0 Å². The minimum atomic E-state index is 0.686. The van der Waals surface area contributed by atoms with Crippen LogP contribution >= 0.6 is 22.6 Å². The van der Waals surface area contributed by atoms with Crippen LogP contribution in [0.4, 0.5) is 0 Å². The molecule has 3 rings (SSSR count). The highest BCUT2D eigenvalue weighted by atomic mass is 127. The van der Waals surface area contributed by atoms with Gasteiger partial charge in [-0.1, -0.05) is 40.8 Å². The first-order valence-electron chi connectivity index (χ1n) is 6.11. The molecule has 4 atom stereocenters. The first-order chi connectivity index (χ1) is 7.84. The molecule has 84 valence electrons. The fraction of sp³-hybridized carbons (Fsp3) is 0.500. The van der Waals surface area contributed by atoms with E-state index in [2.05, 4.69) is 69.9 Å². The van der Waals surface area contributed by atoms with Gasteiger partial charge in [-0.05, 0) is 24.7 Å². The van der Waals surface area contributed by atoms with E-state index in [1.807, 2.05) is 0 Å².